The number of unbranched alkanes of at least 4 members (excludes halogenated alkanes) is 3. The molecule has 2 aliphatic rings. The van der Waals surface area contributed by atoms with Crippen molar-refractivity contribution in [1.82, 2.24) is 14.4 Å². The number of hydrogen-bond donors (Lipinski definition) is 0. The van der Waals surface area contributed by atoms with Crippen LogP contribution < -0.4 is 0 Å². The van der Waals surface area contributed by atoms with E-state index in [2.05, 4.69) is 107 Å². The van der Waals surface area contributed by atoms with Crippen LogP contribution in [0, 0.1) is 17.8 Å². The van der Waals surface area contributed by atoms with Crippen molar-refractivity contribution < 1.29 is 19.2 Å². The van der Waals surface area contributed by atoms with Gasteiger partial charge in [-0.25, -0.2) is 0 Å². The summed E-state index contributed by atoms with van der Waals surface area (Å²) in [6.45, 7) is 15.0. The zero-order chi connectivity index (χ0) is 46.9. The molecule has 346 valence electrons. The van der Waals surface area contributed by atoms with Crippen molar-refractivity contribution in [2.24, 2.45) is 17.8 Å². The maximum absolute atomic E-state index is 14.2. The molecule has 0 radical (unpaired) electrons. The summed E-state index contributed by atoms with van der Waals surface area (Å²) >= 11 is 0. The monoisotopic (exact) mass is 894 g/mol. The fourth-order valence-electron chi connectivity index (χ4n) is 11.3. The molecule has 0 fully saturated rings. The first-order chi connectivity index (χ1) is 32.6. The Balaban J connectivity index is 1.15. The molecule has 0 aliphatic carbocycles. The first-order valence-corrected chi connectivity index (χ1v) is 25.6. The van der Waals surface area contributed by atoms with Gasteiger partial charge in [-0.2, -0.15) is 0 Å². The van der Waals surface area contributed by atoms with E-state index in [-0.39, 0.29) is 35.5 Å². The summed E-state index contributed by atoms with van der Waals surface area (Å²) in [5, 5.41) is 5.55. The fourth-order valence-corrected chi connectivity index (χ4v) is 11.3. The van der Waals surface area contributed by atoms with Crippen LogP contribution in [-0.2, 0) is 6.54 Å². The Bertz CT molecular complexity index is 2810. The summed E-state index contributed by atoms with van der Waals surface area (Å²) < 4.78 is 2.50. The third-order valence-corrected chi connectivity index (χ3v) is 15.4. The van der Waals surface area contributed by atoms with Crippen LogP contribution in [0.25, 0.3) is 65.6 Å². The van der Waals surface area contributed by atoms with Gasteiger partial charge in [0.2, 0.25) is 0 Å². The number of benzene rings is 6. The molecule has 0 bridgehead atoms. The number of amides is 4. The zero-order valence-corrected chi connectivity index (χ0v) is 40.6. The smallest absolute Gasteiger partial charge is 0.261 e. The van der Waals surface area contributed by atoms with Gasteiger partial charge in [-0.1, -0.05) is 148 Å². The highest BCUT2D eigenvalue weighted by Crippen LogP contribution is 2.43. The van der Waals surface area contributed by atoms with E-state index in [9.17, 15) is 19.2 Å². The van der Waals surface area contributed by atoms with Crippen molar-refractivity contribution in [1.29, 1.82) is 0 Å². The number of nitrogens with zero attached hydrogens (tertiary/aromatic N) is 3. The van der Waals surface area contributed by atoms with Crippen molar-refractivity contribution in [3.8, 4) is 22.3 Å². The Morgan fingerprint density at radius 1 is 0.388 bits per heavy atom. The second-order valence-corrected chi connectivity index (χ2v) is 19.5. The summed E-state index contributed by atoms with van der Waals surface area (Å²) in [7, 11) is 0. The zero-order valence-electron chi connectivity index (χ0n) is 40.6. The number of aromatic nitrogens is 1. The second kappa shape index (κ2) is 19.6. The van der Waals surface area contributed by atoms with Crippen LogP contribution in [0.1, 0.15) is 160 Å². The van der Waals surface area contributed by atoms with Crippen molar-refractivity contribution in [2.45, 2.75) is 125 Å². The molecule has 1 aromatic heterocycles. The number of rotatable bonds is 20. The molecule has 3 unspecified atom stereocenters. The SMILES string of the molecule is CCCCC(CC)CN1C(=O)c2cccc3c(-c4ccc5c(c4)c4cc(-c6ccc7c8c(cccc68)C(=O)N(CC(CC)CCCC)C7=O)ccc4n5CC(CC)CCCC)ccc(c23)C1=O. The minimum atomic E-state index is -0.202. The molecule has 3 atom stereocenters. The molecule has 7 heteroatoms. The molecule has 0 saturated heterocycles. The maximum Gasteiger partial charge on any atom is 0.261 e. The van der Waals surface area contributed by atoms with Gasteiger partial charge < -0.3 is 4.57 Å². The highest BCUT2D eigenvalue weighted by atomic mass is 16.2. The van der Waals surface area contributed by atoms with Crippen LogP contribution in [-0.4, -0.2) is 51.1 Å². The van der Waals surface area contributed by atoms with E-state index in [1.807, 2.05) is 36.4 Å². The largest absolute Gasteiger partial charge is 0.340 e. The van der Waals surface area contributed by atoms with Crippen LogP contribution >= 0.6 is 0 Å². The van der Waals surface area contributed by atoms with Crippen LogP contribution in [0.15, 0.2) is 97.1 Å². The Hall–Kier alpha value is -6.08. The van der Waals surface area contributed by atoms with Gasteiger partial charge in [-0.15, -0.1) is 0 Å². The molecule has 3 heterocycles. The third-order valence-electron chi connectivity index (χ3n) is 15.4. The first kappa shape index (κ1) is 46.0. The van der Waals surface area contributed by atoms with Crippen LogP contribution in [0.3, 0.4) is 0 Å². The molecule has 0 spiro atoms. The second-order valence-electron chi connectivity index (χ2n) is 19.5. The normalized spacial score (nSPS) is 15.2. The summed E-state index contributed by atoms with van der Waals surface area (Å²) in [5.41, 5.74) is 8.72. The van der Waals surface area contributed by atoms with Crippen LogP contribution in [0.2, 0.25) is 0 Å². The molecule has 6 aromatic carbocycles. The summed E-state index contributed by atoms with van der Waals surface area (Å²) in [6.07, 6.45) is 12.8. The van der Waals surface area contributed by atoms with E-state index in [1.54, 1.807) is 0 Å². The van der Waals surface area contributed by atoms with E-state index in [0.29, 0.717) is 41.3 Å². The molecule has 2 aliphatic heterocycles. The lowest BCUT2D eigenvalue weighted by molar-refractivity contribution is 0.0565. The lowest BCUT2D eigenvalue weighted by atomic mass is 9.87. The minimum absolute atomic E-state index is 0.202. The van der Waals surface area contributed by atoms with Gasteiger partial charge in [0.15, 0.2) is 0 Å². The lowest BCUT2D eigenvalue weighted by Crippen LogP contribution is -2.43. The van der Waals surface area contributed by atoms with Gasteiger partial charge in [-0.3, -0.25) is 29.0 Å². The number of hydrogen-bond acceptors (Lipinski definition) is 4. The van der Waals surface area contributed by atoms with E-state index < -0.39 is 0 Å². The van der Waals surface area contributed by atoms with Gasteiger partial charge in [0, 0.05) is 74.5 Å². The van der Waals surface area contributed by atoms with E-state index in [0.717, 1.165) is 119 Å². The predicted octanol–water partition coefficient (Wildman–Crippen LogP) is 15.3. The summed E-state index contributed by atoms with van der Waals surface area (Å²) in [4.78, 5) is 59.7. The Morgan fingerprint density at radius 2 is 0.746 bits per heavy atom. The Morgan fingerprint density at radius 3 is 1.12 bits per heavy atom. The summed E-state index contributed by atoms with van der Waals surface area (Å²) in [5.74, 6) is 0.280. The molecule has 0 N–H and O–H groups in total. The summed E-state index contributed by atoms with van der Waals surface area (Å²) in [6, 6.07) is 33.3. The van der Waals surface area contributed by atoms with E-state index in [1.165, 1.54) is 40.1 Å². The van der Waals surface area contributed by atoms with Gasteiger partial charge >= 0.3 is 0 Å². The van der Waals surface area contributed by atoms with Crippen molar-refractivity contribution in [2.75, 3.05) is 13.1 Å². The molecule has 7 nitrogen and oxygen atoms in total. The quantitative estimate of drug-likeness (QED) is 0.0714. The number of fused-ring (bicyclic) bond motifs is 3. The molecule has 7 aromatic rings. The highest BCUT2D eigenvalue weighted by molar-refractivity contribution is 6.28. The van der Waals surface area contributed by atoms with Crippen molar-refractivity contribution >= 4 is 67.0 Å². The third kappa shape index (κ3) is 8.27. The van der Waals surface area contributed by atoms with Gasteiger partial charge in [0.1, 0.15) is 0 Å². The number of imide groups is 2. The number of carbonyl (C=O) groups is 4. The van der Waals surface area contributed by atoms with Gasteiger partial charge in [0.25, 0.3) is 23.6 Å². The van der Waals surface area contributed by atoms with Crippen LogP contribution in [0.4, 0.5) is 0 Å². The first-order valence-electron chi connectivity index (χ1n) is 25.6. The molecular weight excluding hydrogens is 827 g/mol. The van der Waals surface area contributed by atoms with Crippen LogP contribution in [0.5, 0.6) is 0 Å². The van der Waals surface area contributed by atoms with Crippen molar-refractivity contribution in [3.63, 3.8) is 0 Å². The maximum atomic E-state index is 14.2. The van der Waals surface area contributed by atoms with Crippen molar-refractivity contribution in [3.05, 3.63) is 119 Å². The Labute approximate surface area is 396 Å². The highest BCUT2D eigenvalue weighted by Gasteiger charge is 2.36. The molecule has 67 heavy (non-hydrogen) atoms. The number of carbonyl (C=O) groups excluding carboxylic acids is 4. The standard InChI is InChI=1S/C60H67N3O4/c1-7-13-18-38(10-4)35-61-53-31-25-41(43-27-29-49-55-45(43)21-16-23-47(55)57(64)62(59(49)66)36-39(11-5)19-14-8-2)33-51(53)52-34-42(26-32-54(52)61)44-28-30-50-56-46(44)22-17-24-48(56)58(65)63(60(50)67)37-40(12-6)20-15-9-3/h16-17,21-34,38-40H,7-15,18-20,35-37H2,1-6H3. The fraction of sp³-hybridized carbons (Fsp3) is 0.400. The molecule has 4 amide bonds. The lowest BCUT2D eigenvalue weighted by Gasteiger charge is -2.30. The minimum Gasteiger partial charge on any atom is -0.340 e. The Kier molecular flexibility index (Phi) is 13.5. The average molecular weight is 894 g/mol. The predicted molar refractivity (Wildman–Crippen MR) is 276 cm³/mol. The van der Waals surface area contributed by atoms with E-state index in [4.69, 9.17) is 0 Å². The molecular formula is C60H67N3O4. The van der Waals surface area contributed by atoms with Gasteiger partial charge in [-0.05, 0) is 119 Å². The topological polar surface area (TPSA) is 79.7 Å². The molecule has 9 rings (SSSR count). The molecule has 0 saturated carbocycles. The van der Waals surface area contributed by atoms with Gasteiger partial charge in [0.05, 0.1) is 0 Å². The average Bonchev–Trinajstić information content (AvgIpc) is 3.66. The van der Waals surface area contributed by atoms with E-state index >= 15 is 0 Å².